The number of methoxy groups -OCH3 is 1. The second-order valence-corrected chi connectivity index (χ2v) is 8.59. The number of esters is 1. The van der Waals surface area contributed by atoms with Gasteiger partial charge in [-0.1, -0.05) is 97.3 Å². The van der Waals surface area contributed by atoms with Gasteiger partial charge >= 0.3 is 5.97 Å². The van der Waals surface area contributed by atoms with Crippen molar-refractivity contribution in [1.29, 1.82) is 0 Å². The smallest absolute Gasteiger partial charge is 0.308 e. The van der Waals surface area contributed by atoms with Crippen LogP contribution in [0, 0.1) is 5.92 Å². The van der Waals surface area contributed by atoms with E-state index in [9.17, 15) is 9.59 Å². The van der Waals surface area contributed by atoms with Gasteiger partial charge in [0.25, 0.3) is 0 Å². The van der Waals surface area contributed by atoms with E-state index >= 15 is 0 Å². The zero-order chi connectivity index (χ0) is 22.5. The number of ether oxygens (including phenoxy) is 1. The van der Waals surface area contributed by atoms with Crippen molar-refractivity contribution >= 4 is 11.9 Å². The van der Waals surface area contributed by atoms with Crippen LogP contribution in [-0.2, 0) is 19.2 Å². The van der Waals surface area contributed by atoms with Crippen molar-refractivity contribution in [2.24, 2.45) is 5.92 Å². The summed E-state index contributed by atoms with van der Waals surface area (Å²) in [4.78, 5) is 28.9. The van der Waals surface area contributed by atoms with Crippen molar-refractivity contribution in [3.05, 3.63) is 0 Å². The average Bonchev–Trinajstić information content (AvgIpc) is 2.76. The molecule has 0 aromatic carbocycles. The largest absolute Gasteiger partial charge is 0.469 e. The van der Waals surface area contributed by atoms with E-state index < -0.39 is 0 Å². The molecule has 0 saturated heterocycles. The van der Waals surface area contributed by atoms with E-state index in [2.05, 4.69) is 6.92 Å². The molecule has 1 atom stereocenters. The van der Waals surface area contributed by atoms with Crippen molar-refractivity contribution in [3.63, 3.8) is 0 Å². The molecule has 0 aliphatic rings. The first-order chi connectivity index (χ1) is 14.6. The standard InChI is InChI=1S/C25H49NO4/c1-5-6-7-8-9-10-11-12-13-14-15-16-17-21-24(27)26(30-4)22-19-18-20-23(2)25(28)29-3/h23H,5-22H2,1-4H3. The molecule has 1 amide bonds. The number of rotatable bonds is 21. The summed E-state index contributed by atoms with van der Waals surface area (Å²) in [6.07, 6.45) is 20.0. The van der Waals surface area contributed by atoms with Crippen molar-refractivity contribution in [2.75, 3.05) is 20.8 Å². The summed E-state index contributed by atoms with van der Waals surface area (Å²) >= 11 is 0. The highest BCUT2D eigenvalue weighted by molar-refractivity contribution is 5.75. The quantitative estimate of drug-likeness (QED) is 0.114. The summed E-state index contributed by atoms with van der Waals surface area (Å²) in [7, 11) is 2.97. The number of carbonyl (C=O) groups is 2. The molecule has 1 unspecified atom stereocenters. The van der Waals surface area contributed by atoms with Gasteiger partial charge in [0.05, 0.1) is 20.1 Å². The third kappa shape index (κ3) is 16.7. The van der Waals surface area contributed by atoms with Crippen molar-refractivity contribution < 1.29 is 19.2 Å². The number of hydrogen-bond acceptors (Lipinski definition) is 4. The van der Waals surface area contributed by atoms with E-state index in [4.69, 9.17) is 9.57 Å². The third-order valence-electron chi connectivity index (χ3n) is 5.84. The number of hydroxylamine groups is 2. The number of carbonyl (C=O) groups excluding carboxylic acids is 2. The van der Waals surface area contributed by atoms with E-state index in [0.29, 0.717) is 13.0 Å². The van der Waals surface area contributed by atoms with Gasteiger partial charge in [-0.3, -0.25) is 14.4 Å². The summed E-state index contributed by atoms with van der Waals surface area (Å²) < 4.78 is 4.73. The summed E-state index contributed by atoms with van der Waals surface area (Å²) in [5.74, 6) is -0.189. The third-order valence-corrected chi connectivity index (χ3v) is 5.84. The summed E-state index contributed by atoms with van der Waals surface area (Å²) in [5, 5.41) is 1.48. The van der Waals surface area contributed by atoms with Crippen LogP contribution in [0.2, 0.25) is 0 Å². The van der Waals surface area contributed by atoms with Gasteiger partial charge in [0.1, 0.15) is 0 Å². The van der Waals surface area contributed by atoms with E-state index in [0.717, 1.165) is 32.1 Å². The summed E-state index contributed by atoms with van der Waals surface area (Å²) in [6.45, 7) is 4.73. The molecule has 0 heterocycles. The van der Waals surface area contributed by atoms with E-state index in [1.165, 1.54) is 82.8 Å². The fourth-order valence-corrected chi connectivity index (χ4v) is 3.76. The Morgan fingerprint density at radius 2 is 1.23 bits per heavy atom. The SMILES string of the molecule is CCCCCCCCCCCCCCCC(=O)N(CCCCC(C)C(=O)OC)OC. The van der Waals surface area contributed by atoms with E-state index in [-0.39, 0.29) is 17.8 Å². The predicted octanol–water partition coefficient (Wildman–Crippen LogP) is 6.84. The Bertz CT molecular complexity index is 414. The zero-order valence-corrected chi connectivity index (χ0v) is 20.4. The van der Waals surface area contributed by atoms with Crippen molar-refractivity contribution in [1.82, 2.24) is 5.06 Å². The Kier molecular flexibility index (Phi) is 20.4. The molecule has 0 aliphatic carbocycles. The molecule has 30 heavy (non-hydrogen) atoms. The Morgan fingerprint density at radius 1 is 0.733 bits per heavy atom. The summed E-state index contributed by atoms with van der Waals surface area (Å²) in [6, 6.07) is 0. The topological polar surface area (TPSA) is 55.8 Å². The number of unbranched alkanes of at least 4 members (excludes halogenated alkanes) is 13. The predicted molar refractivity (Wildman–Crippen MR) is 124 cm³/mol. The van der Waals surface area contributed by atoms with Crippen LogP contribution >= 0.6 is 0 Å². The monoisotopic (exact) mass is 427 g/mol. The zero-order valence-electron chi connectivity index (χ0n) is 20.4. The molecule has 0 radical (unpaired) electrons. The Labute approximate surface area is 186 Å². The maximum absolute atomic E-state index is 12.3. The Morgan fingerprint density at radius 3 is 1.70 bits per heavy atom. The number of amides is 1. The highest BCUT2D eigenvalue weighted by atomic mass is 16.7. The van der Waals surface area contributed by atoms with Crippen LogP contribution in [0.4, 0.5) is 0 Å². The van der Waals surface area contributed by atoms with E-state index in [1.54, 1.807) is 7.11 Å². The van der Waals surface area contributed by atoms with Crippen LogP contribution in [0.25, 0.3) is 0 Å². The second kappa shape index (κ2) is 21.1. The summed E-state index contributed by atoms with van der Waals surface area (Å²) in [5.41, 5.74) is 0. The maximum atomic E-state index is 12.3. The molecular formula is C25H49NO4. The van der Waals surface area contributed by atoms with Gasteiger partial charge in [0.2, 0.25) is 5.91 Å². The van der Waals surface area contributed by atoms with Gasteiger partial charge in [-0.15, -0.1) is 0 Å². The molecule has 5 heteroatoms. The normalized spacial score (nSPS) is 12.0. The van der Waals surface area contributed by atoms with Crippen LogP contribution in [0.5, 0.6) is 0 Å². The van der Waals surface area contributed by atoms with Crippen LogP contribution in [0.1, 0.15) is 123 Å². The van der Waals surface area contributed by atoms with E-state index in [1.807, 2.05) is 6.92 Å². The molecule has 5 nitrogen and oxygen atoms in total. The highest BCUT2D eigenvalue weighted by Gasteiger charge is 2.15. The lowest BCUT2D eigenvalue weighted by Crippen LogP contribution is -2.30. The molecule has 0 saturated carbocycles. The molecule has 0 fully saturated rings. The van der Waals surface area contributed by atoms with Gasteiger partial charge in [-0.05, 0) is 19.3 Å². The molecule has 0 aromatic heterocycles. The first kappa shape index (κ1) is 28.9. The fraction of sp³-hybridized carbons (Fsp3) is 0.920. The van der Waals surface area contributed by atoms with Crippen LogP contribution in [-0.4, -0.2) is 37.7 Å². The van der Waals surface area contributed by atoms with Gasteiger partial charge < -0.3 is 4.74 Å². The minimum absolute atomic E-state index is 0.0709. The molecule has 0 aliphatic heterocycles. The Hall–Kier alpha value is -1.10. The molecule has 0 spiro atoms. The van der Waals surface area contributed by atoms with Crippen LogP contribution < -0.4 is 0 Å². The maximum Gasteiger partial charge on any atom is 0.308 e. The molecule has 0 bridgehead atoms. The lowest BCUT2D eigenvalue weighted by atomic mass is 10.0. The second-order valence-electron chi connectivity index (χ2n) is 8.59. The fourth-order valence-electron chi connectivity index (χ4n) is 3.76. The van der Waals surface area contributed by atoms with Crippen molar-refractivity contribution in [3.8, 4) is 0 Å². The molecule has 178 valence electrons. The molecule has 0 N–H and O–H groups in total. The lowest BCUT2D eigenvalue weighted by molar-refractivity contribution is -0.176. The van der Waals surface area contributed by atoms with Crippen LogP contribution in [0.3, 0.4) is 0 Å². The average molecular weight is 428 g/mol. The van der Waals surface area contributed by atoms with Crippen molar-refractivity contribution in [2.45, 2.75) is 123 Å². The van der Waals surface area contributed by atoms with Crippen LogP contribution in [0.15, 0.2) is 0 Å². The van der Waals surface area contributed by atoms with Gasteiger partial charge in [-0.2, -0.15) is 0 Å². The first-order valence-electron chi connectivity index (χ1n) is 12.5. The van der Waals surface area contributed by atoms with Gasteiger partial charge in [-0.25, -0.2) is 5.06 Å². The number of nitrogens with zero attached hydrogens (tertiary/aromatic N) is 1. The Balaban J connectivity index is 3.57. The highest BCUT2D eigenvalue weighted by Crippen LogP contribution is 2.14. The van der Waals surface area contributed by atoms with Gasteiger partial charge in [0.15, 0.2) is 0 Å². The first-order valence-corrected chi connectivity index (χ1v) is 12.5. The lowest BCUT2D eigenvalue weighted by Gasteiger charge is -2.20. The number of hydrogen-bond donors (Lipinski definition) is 0. The minimum Gasteiger partial charge on any atom is -0.469 e. The van der Waals surface area contributed by atoms with Gasteiger partial charge in [0, 0.05) is 13.0 Å². The minimum atomic E-state index is -0.169. The molecule has 0 aromatic rings. The molecular weight excluding hydrogens is 378 g/mol. The molecule has 0 rings (SSSR count).